The van der Waals surface area contributed by atoms with Crippen molar-refractivity contribution >= 4 is 22.6 Å². The number of ether oxygens (including phenoxy) is 1. The van der Waals surface area contributed by atoms with Crippen molar-refractivity contribution in [2.45, 2.75) is 59.2 Å². The molecule has 0 amide bonds. The van der Waals surface area contributed by atoms with E-state index in [0.717, 1.165) is 25.3 Å². The van der Waals surface area contributed by atoms with Crippen LogP contribution in [0.4, 0.5) is 18.9 Å². The molecule has 0 radical (unpaired) electrons. The van der Waals surface area contributed by atoms with Crippen LogP contribution in [0.1, 0.15) is 62.9 Å². The summed E-state index contributed by atoms with van der Waals surface area (Å²) in [5, 5.41) is 0.351. The quantitative estimate of drug-likeness (QED) is 0.586. The molecule has 1 aliphatic carbocycles. The lowest BCUT2D eigenvalue weighted by molar-refractivity contribution is -0.136. The number of fused-ring (bicyclic) bond motifs is 3. The maximum absolute atomic E-state index is 13.6. The molecule has 2 aromatic rings. The fourth-order valence-corrected chi connectivity index (χ4v) is 5.83. The largest absolute Gasteiger partial charge is 0.462 e. The van der Waals surface area contributed by atoms with Crippen LogP contribution in [0.25, 0.3) is 10.9 Å². The van der Waals surface area contributed by atoms with E-state index in [1.807, 2.05) is 0 Å². The number of para-hydroxylation sites is 1. The molecule has 1 saturated carbocycles. The van der Waals surface area contributed by atoms with E-state index >= 15 is 0 Å². The summed E-state index contributed by atoms with van der Waals surface area (Å²) >= 11 is 0. The van der Waals surface area contributed by atoms with Crippen LogP contribution in [0.3, 0.4) is 0 Å². The summed E-state index contributed by atoms with van der Waals surface area (Å²) < 4.78 is 46.1. The van der Waals surface area contributed by atoms with Crippen LogP contribution in [-0.4, -0.2) is 30.1 Å². The fraction of sp³-hybridized carbons (Fsp3) is 0.565. The Morgan fingerprint density at radius 3 is 2.67 bits per heavy atom. The predicted molar refractivity (Wildman–Crippen MR) is 110 cm³/mol. The van der Waals surface area contributed by atoms with E-state index in [-0.39, 0.29) is 34.6 Å². The monoisotopic (exact) mass is 420 g/mol. The SMILES string of the molecule is CCOC(=O)c1cnc2c(C(F)(F)F)cccc2c1N1C[C@]2(C)C[C@@H]1CC(C)(C)C2. The second-order valence-corrected chi connectivity index (χ2v) is 9.78. The molecule has 2 fully saturated rings. The number of rotatable bonds is 3. The van der Waals surface area contributed by atoms with Gasteiger partial charge in [0, 0.05) is 24.2 Å². The molecule has 7 heteroatoms. The van der Waals surface area contributed by atoms with Crippen molar-refractivity contribution < 1.29 is 22.7 Å². The van der Waals surface area contributed by atoms with E-state index in [4.69, 9.17) is 4.74 Å². The Kier molecular flexibility index (Phi) is 4.79. The molecule has 0 unspecified atom stereocenters. The Balaban J connectivity index is 1.95. The van der Waals surface area contributed by atoms with Gasteiger partial charge in [0.1, 0.15) is 5.56 Å². The summed E-state index contributed by atoms with van der Waals surface area (Å²) in [6, 6.07) is 4.22. The van der Waals surface area contributed by atoms with Crippen LogP contribution in [0.5, 0.6) is 0 Å². The highest BCUT2D eigenvalue weighted by Gasteiger charge is 2.50. The molecule has 2 heterocycles. The van der Waals surface area contributed by atoms with Crippen LogP contribution in [0.15, 0.2) is 24.4 Å². The molecule has 4 nitrogen and oxygen atoms in total. The van der Waals surface area contributed by atoms with Gasteiger partial charge < -0.3 is 9.64 Å². The summed E-state index contributed by atoms with van der Waals surface area (Å²) in [4.78, 5) is 18.9. The zero-order chi connectivity index (χ0) is 21.9. The molecule has 2 atom stereocenters. The van der Waals surface area contributed by atoms with Gasteiger partial charge in [-0.2, -0.15) is 13.2 Å². The zero-order valence-corrected chi connectivity index (χ0v) is 17.8. The molecule has 162 valence electrons. The van der Waals surface area contributed by atoms with Crippen LogP contribution in [0, 0.1) is 10.8 Å². The predicted octanol–water partition coefficient (Wildman–Crippen LogP) is 5.84. The van der Waals surface area contributed by atoms with Gasteiger partial charge in [-0.3, -0.25) is 4.98 Å². The minimum atomic E-state index is -4.52. The molecule has 1 aromatic heterocycles. The van der Waals surface area contributed by atoms with Gasteiger partial charge in [-0.1, -0.05) is 32.9 Å². The lowest BCUT2D eigenvalue weighted by Gasteiger charge is -2.39. The molecular formula is C23H27F3N2O2. The van der Waals surface area contributed by atoms with Crippen LogP contribution in [-0.2, 0) is 10.9 Å². The first-order chi connectivity index (χ1) is 13.9. The van der Waals surface area contributed by atoms with Crippen molar-refractivity contribution in [1.82, 2.24) is 4.98 Å². The Hall–Kier alpha value is -2.31. The Labute approximate surface area is 174 Å². The summed E-state index contributed by atoms with van der Waals surface area (Å²) in [6.07, 6.45) is -0.349. The molecule has 2 bridgehead atoms. The third kappa shape index (κ3) is 3.52. The van der Waals surface area contributed by atoms with Gasteiger partial charge in [-0.15, -0.1) is 0 Å². The van der Waals surface area contributed by atoms with E-state index in [1.54, 1.807) is 13.0 Å². The molecule has 1 aromatic carbocycles. The van der Waals surface area contributed by atoms with Crippen molar-refractivity contribution in [3.05, 3.63) is 35.5 Å². The lowest BCUT2D eigenvalue weighted by atomic mass is 9.65. The summed E-state index contributed by atoms with van der Waals surface area (Å²) in [6.45, 7) is 9.30. The number of carbonyl (C=O) groups is 1. The first-order valence-corrected chi connectivity index (χ1v) is 10.4. The Bertz CT molecular complexity index is 1000. The van der Waals surface area contributed by atoms with Crippen LogP contribution < -0.4 is 4.90 Å². The minimum Gasteiger partial charge on any atom is -0.462 e. The van der Waals surface area contributed by atoms with Gasteiger partial charge >= 0.3 is 12.1 Å². The van der Waals surface area contributed by atoms with Crippen molar-refractivity contribution in [1.29, 1.82) is 0 Å². The van der Waals surface area contributed by atoms with Gasteiger partial charge in [0.25, 0.3) is 0 Å². The molecule has 0 N–H and O–H groups in total. The first kappa shape index (κ1) is 20.9. The standard InChI is InChI=1S/C23H27F3N2O2/c1-5-30-20(29)16-11-27-18-15(7-6-8-17(18)23(24,25)26)19(16)28-13-22(4)10-14(28)9-21(2,3)12-22/h6-8,11,14H,5,9-10,12-13H2,1-4H3/t14-,22+/m0/s1. The number of benzene rings is 1. The Morgan fingerprint density at radius 2 is 2.00 bits per heavy atom. The number of aromatic nitrogens is 1. The average Bonchev–Trinajstić information content (AvgIpc) is 2.88. The highest BCUT2D eigenvalue weighted by Crippen LogP contribution is 2.54. The topological polar surface area (TPSA) is 42.4 Å². The fourth-order valence-electron chi connectivity index (χ4n) is 5.83. The van der Waals surface area contributed by atoms with E-state index in [1.165, 1.54) is 12.3 Å². The van der Waals surface area contributed by atoms with Gasteiger partial charge in [-0.25, -0.2) is 4.79 Å². The molecule has 4 rings (SSSR count). The third-order valence-corrected chi connectivity index (χ3v) is 6.37. The molecule has 1 saturated heterocycles. The number of hydrogen-bond acceptors (Lipinski definition) is 4. The molecule has 1 aliphatic heterocycles. The van der Waals surface area contributed by atoms with Gasteiger partial charge in [0.05, 0.1) is 23.4 Å². The molecule has 0 spiro atoms. The number of nitrogens with zero attached hydrogens (tertiary/aromatic N) is 2. The van der Waals surface area contributed by atoms with Crippen LogP contribution >= 0.6 is 0 Å². The molecular weight excluding hydrogens is 393 g/mol. The number of alkyl halides is 3. The zero-order valence-electron chi connectivity index (χ0n) is 17.8. The number of halogens is 3. The number of esters is 1. The smallest absolute Gasteiger partial charge is 0.418 e. The average molecular weight is 420 g/mol. The maximum atomic E-state index is 13.6. The Morgan fingerprint density at radius 1 is 1.27 bits per heavy atom. The summed E-state index contributed by atoms with van der Waals surface area (Å²) in [5.74, 6) is -0.551. The van der Waals surface area contributed by atoms with E-state index in [2.05, 4.69) is 30.7 Å². The van der Waals surface area contributed by atoms with E-state index in [0.29, 0.717) is 17.6 Å². The summed E-state index contributed by atoms with van der Waals surface area (Å²) in [7, 11) is 0. The van der Waals surface area contributed by atoms with E-state index < -0.39 is 17.7 Å². The number of anilines is 1. The number of hydrogen-bond donors (Lipinski definition) is 0. The summed E-state index contributed by atoms with van der Waals surface area (Å²) in [5.41, 5.74) is 0.0318. The normalized spacial score (nSPS) is 25.6. The second-order valence-electron chi connectivity index (χ2n) is 9.78. The van der Waals surface area contributed by atoms with Gasteiger partial charge in [-0.05, 0) is 43.1 Å². The van der Waals surface area contributed by atoms with Crippen molar-refractivity contribution in [2.75, 3.05) is 18.1 Å². The van der Waals surface area contributed by atoms with E-state index in [9.17, 15) is 18.0 Å². The first-order valence-electron chi connectivity index (χ1n) is 10.4. The maximum Gasteiger partial charge on any atom is 0.418 e. The minimum absolute atomic E-state index is 0.0512. The molecule has 30 heavy (non-hydrogen) atoms. The highest BCUT2D eigenvalue weighted by atomic mass is 19.4. The van der Waals surface area contributed by atoms with Gasteiger partial charge in [0.2, 0.25) is 0 Å². The number of pyridine rings is 1. The number of carbonyl (C=O) groups excluding carboxylic acids is 1. The van der Waals surface area contributed by atoms with Crippen molar-refractivity contribution in [2.24, 2.45) is 10.8 Å². The van der Waals surface area contributed by atoms with Gasteiger partial charge in [0.15, 0.2) is 0 Å². The van der Waals surface area contributed by atoms with Crippen LogP contribution in [0.2, 0.25) is 0 Å². The lowest BCUT2D eigenvalue weighted by Crippen LogP contribution is -2.35. The molecule has 2 aliphatic rings. The third-order valence-electron chi connectivity index (χ3n) is 6.37. The second kappa shape index (κ2) is 6.86. The van der Waals surface area contributed by atoms with Crippen molar-refractivity contribution in [3.8, 4) is 0 Å². The van der Waals surface area contributed by atoms with Crippen molar-refractivity contribution in [3.63, 3.8) is 0 Å². The highest BCUT2D eigenvalue weighted by molar-refractivity contribution is 6.06.